The summed E-state index contributed by atoms with van der Waals surface area (Å²) in [6.07, 6.45) is 1.43. The second kappa shape index (κ2) is 4.26. The molecule has 5 heteroatoms. The predicted octanol–water partition coefficient (Wildman–Crippen LogP) is 4.19. The zero-order valence-corrected chi connectivity index (χ0v) is 11.4. The van der Waals surface area contributed by atoms with E-state index in [0.29, 0.717) is 21.4 Å². The minimum Gasteiger partial charge on any atom is -0.508 e. The number of ketones is 1. The number of hydrogen-bond acceptors (Lipinski definition) is 4. The van der Waals surface area contributed by atoms with Crippen LogP contribution in [-0.2, 0) is 0 Å². The van der Waals surface area contributed by atoms with Crippen LogP contribution < -0.4 is 0 Å². The summed E-state index contributed by atoms with van der Waals surface area (Å²) in [5.74, 6) is 0.0462. The molecule has 0 atom stereocenters. The minimum atomic E-state index is -0.0739. The second-order valence-electron chi connectivity index (χ2n) is 3.76. The van der Waals surface area contributed by atoms with E-state index in [9.17, 15) is 9.90 Å². The molecular formula is C13H7BrO3S. The van der Waals surface area contributed by atoms with Crippen molar-refractivity contribution in [1.29, 1.82) is 0 Å². The third kappa shape index (κ3) is 1.85. The first-order valence-electron chi connectivity index (χ1n) is 5.15. The average Bonchev–Trinajstić information content (AvgIpc) is 2.94. The van der Waals surface area contributed by atoms with Gasteiger partial charge < -0.3 is 9.52 Å². The summed E-state index contributed by atoms with van der Waals surface area (Å²) in [6, 6.07) is 8.34. The van der Waals surface area contributed by atoms with E-state index in [1.54, 1.807) is 18.2 Å². The summed E-state index contributed by atoms with van der Waals surface area (Å²) in [6.45, 7) is 0. The Balaban J connectivity index is 2.12. The van der Waals surface area contributed by atoms with Crippen LogP contribution in [0.1, 0.15) is 15.2 Å². The lowest BCUT2D eigenvalue weighted by Crippen LogP contribution is -1.96. The summed E-state index contributed by atoms with van der Waals surface area (Å²) in [5, 5.41) is 10.1. The van der Waals surface area contributed by atoms with Crippen LogP contribution in [0.4, 0.5) is 0 Å². The molecule has 0 unspecified atom stereocenters. The van der Waals surface area contributed by atoms with Crippen molar-refractivity contribution in [3.8, 4) is 5.75 Å². The van der Waals surface area contributed by atoms with Gasteiger partial charge in [-0.05, 0) is 40.2 Å². The highest BCUT2D eigenvalue weighted by atomic mass is 79.9. The van der Waals surface area contributed by atoms with Crippen molar-refractivity contribution in [1.82, 2.24) is 0 Å². The maximum Gasteiger partial charge on any atom is 0.206 e. The van der Waals surface area contributed by atoms with Crippen molar-refractivity contribution in [3.05, 3.63) is 50.8 Å². The quantitative estimate of drug-likeness (QED) is 0.719. The molecule has 1 N–H and O–H groups in total. The van der Waals surface area contributed by atoms with E-state index < -0.39 is 0 Å². The molecule has 0 fully saturated rings. The summed E-state index contributed by atoms with van der Waals surface area (Å²) in [5.41, 5.74) is 1.02. The highest BCUT2D eigenvalue weighted by Gasteiger charge is 2.17. The summed E-state index contributed by atoms with van der Waals surface area (Å²) >= 11 is 4.71. The molecule has 0 bridgehead atoms. The molecule has 0 amide bonds. The lowest BCUT2D eigenvalue weighted by molar-refractivity contribution is 0.104. The van der Waals surface area contributed by atoms with Gasteiger partial charge in [0.1, 0.15) is 17.6 Å². The van der Waals surface area contributed by atoms with Crippen LogP contribution in [0.2, 0.25) is 0 Å². The number of carbonyl (C=O) groups is 1. The monoisotopic (exact) mass is 322 g/mol. The smallest absolute Gasteiger partial charge is 0.206 e. The van der Waals surface area contributed by atoms with Gasteiger partial charge in [-0.1, -0.05) is 0 Å². The first kappa shape index (κ1) is 11.5. The number of thiophene rings is 1. The molecule has 18 heavy (non-hydrogen) atoms. The van der Waals surface area contributed by atoms with E-state index in [0.717, 1.165) is 3.79 Å². The van der Waals surface area contributed by atoms with Gasteiger partial charge >= 0.3 is 0 Å². The highest BCUT2D eigenvalue weighted by Crippen LogP contribution is 2.29. The Labute approximate surface area is 115 Å². The number of phenols is 1. The molecule has 0 saturated carbocycles. The molecule has 3 rings (SSSR count). The number of fused-ring (bicyclic) bond motifs is 1. The van der Waals surface area contributed by atoms with E-state index >= 15 is 0 Å². The highest BCUT2D eigenvalue weighted by molar-refractivity contribution is 9.11. The van der Waals surface area contributed by atoms with Crippen molar-refractivity contribution in [3.63, 3.8) is 0 Å². The van der Waals surface area contributed by atoms with Crippen LogP contribution in [0.3, 0.4) is 0 Å². The van der Waals surface area contributed by atoms with Crippen LogP contribution in [0, 0.1) is 0 Å². The SMILES string of the molecule is O=C(c1ccc(Br)s1)c1coc2cc(O)ccc12. The standard InChI is InChI=1S/C13H7BrO3S/c14-12-4-3-11(18-12)13(16)9-6-17-10-5-7(15)1-2-8(9)10/h1-6,15H. The van der Waals surface area contributed by atoms with E-state index in [4.69, 9.17) is 4.42 Å². The molecule has 2 aromatic heterocycles. The third-order valence-corrected chi connectivity index (χ3v) is 4.22. The molecule has 0 aliphatic heterocycles. The molecule has 0 aliphatic carbocycles. The van der Waals surface area contributed by atoms with Gasteiger partial charge in [0.05, 0.1) is 14.2 Å². The van der Waals surface area contributed by atoms with E-state index in [1.807, 2.05) is 6.07 Å². The number of benzene rings is 1. The Morgan fingerprint density at radius 2 is 2.11 bits per heavy atom. The summed E-state index contributed by atoms with van der Waals surface area (Å²) < 4.78 is 6.20. The molecule has 90 valence electrons. The minimum absolute atomic E-state index is 0.0739. The van der Waals surface area contributed by atoms with Crippen LogP contribution in [-0.4, -0.2) is 10.9 Å². The number of phenolic OH excluding ortho intramolecular Hbond substituents is 1. The van der Waals surface area contributed by atoms with Crippen LogP contribution >= 0.6 is 27.3 Å². The summed E-state index contributed by atoms with van der Waals surface area (Å²) in [7, 11) is 0. The Kier molecular flexibility index (Phi) is 2.72. The fraction of sp³-hybridized carbons (Fsp3) is 0. The maximum absolute atomic E-state index is 12.3. The van der Waals surface area contributed by atoms with Gasteiger partial charge in [-0.25, -0.2) is 0 Å². The number of rotatable bonds is 2. The molecule has 0 aliphatic rings. The number of aromatic hydroxyl groups is 1. The molecule has 2 heterocycles. The van der Waals surface area contributed by atoms with Gasteiger partial charge in [0, 0.05) is 11.5 Å². The molecule has 3 aromatic rings. The van der Waals surface area contributed by atoms with E-state index in [1.165, 1.54) is 23.7 Å². The van der Waals surface area contributed by atoms with Gasteiger partial charge in [-0.2, -0.15) is 0 Å². The second-order valence-corrected chi connectivity index (χ2v) is 6.23. The van der Waals surface area contributed by atoms with Gasteiger partial charge in [-0.3, -0.25) is 4.79 Å². The average molecular weight is 323 g/mol. The molecule has 0 saturated heterocycles. The number of furan rings is 1. The van der Waals surface area contributed by atoms with Gasteiger partial charge in [-0.15, -0.1) is 11.3 Å². The lowest BCUT2D eigenvalue weighted by atomic mass is 10.1. The van der Waals surface area contributed by atoms with Crippen LogP contribution in [0.15, 0.2) is 44.8 Å². The summed E-state index contributed by atoms with van der Waals surface area (Å²) in [4.78, 5) is 12.9. The largest absolute Gasteiger partial charge is 0.508 e. The first-order chi connectivity index (χ1) is 8.65. The number of hydrogen-bond donors (Lipinski definition) is 1. The zero-order valence-electron chi connectivity index (χ0n) is 9.01. The Bertz CT molecular complexity index is 742. The molecule has 0 spiro atoms. The van der Waals surface area contributed by atoms with Crippen molar-refractivity contribution in [2.75, 3.05) is 0 Å². The van der Waals surface area contributed by atoms with Crippen LogP contribution in [0.5, 0.6) is 5.75 Å². The fourth-order valence-electron chi connectivity index (χ4n) is 1.76. The van der Waals surface area contributed by atoms with Crippen molar-refractivity contribution >= 4 is 44.0 Å². The Hall–Kier alpha value is -1.59. The number of carbonyl (C=O) groups excluding carboxylic acids is 1. The fourth-order valence-corrected chi connectivity index (χ4v) is 3.10. The van der Waals surface area contributed by atoms with Crippen LogP contribution in [0.25, 0.3) is 11.0 Å². The first-order valence-corrected chi connectivity index (χ1v) is 6.76. The predicted molar refractivity (Wildman–Crippen MR) is 73.3 cm³/mol. The maximum atomic E-state index is 12.3. The normalized spacial score (nSPS) is 10.9. The lowest BCUT2D eigenvalue weighted by Gasteiger charge is -1.95. The molecule has 0 radical (unpaired) electrons. The van der Waals surface area contributed by atoms with Crippen molar-refractivity contribution < 1.29 is 14.3 Å². The third-order valence-electron chi connectivity index (χ3n) is 2.60. The Morgan fingerprint density at radius 1 is 1.28 bits per heavy atom. The topological polar surface area (TPSA) is 50.4 Å². The van der Waals surface area contributed by atoms with Crippen molar-refractivity contribution in [2.45, 2.75) is 0 Å². The van der Waals surface area contributed by atoms with E-state index in [-0.39, 0.29) is 11.5 Å². The van der Waals surface area contributed by atoms with Gasteiger partial charge in [0.2, 0.25) is 5.78 Å². The zero-order chi connectivity index (χ0) is 12.7. The molecule has 3 nitrogen and oxygen atoms in total. The van der Waals surface area contributed by atoms with Gasteiger partial charge in [0.15, 0.2) is 0 Å². The van der Waals surface area contributed by atoms with E-state index in [2.05, 4.69) is 15.9 Å². The van der Waals surface area contributed by atoms with Gasteiger partial charge in [0.25, 0.3) is 0 Å². The molecule has 1 aromatic carbocycles. The number of halogens is 1. The Morgan fingerprint density at radius 3 is 2.83 bits per heavy atom. The van der Waals surface area contributed by atoms with Crippen molar-refractivity contribution in [2.24, 2.45) is 0 Å². The molecular weight excluding hydrogens is 316 g/mol.